The monoisotopic (exact) mass is 188 g/mol. The molecule has 13 heavy (non-hydrogen) atoms. The molecule has 0 radical (unpaired) electrons. The van der Waals surface area contributed by atoms with E-state index in [-0.39, 0.29) is 11.4 Å². The van der Waals surface area contributed by atoms with E-state index in [0.717, 1.165) is 6.42 Å². The Bertz CT molecular complexity index is 152. The lowest BCUT2D eigenvalue weighted by Crippen LogP contribution is -2.40. The molecule has 0 aliphatic rings. The van der Waals surface area contributed by atoms with Crippen LogP contribution in [0.5, 0.6) is 0 Å². The first kappa shape index (κ1) is 12.4. The Kier molecular flexibility index (Phi) is 5.66. The predicted octanol–water partition coefficient (Wildman–Crippen LogP) is 0.832. The molecule has 0 saturated heterocycles. The summed E-state index contributed by atoms with van der Waals surface area (Å²) < 4.78 is 0. The molecule has 0 bridgehead atoms. The molecule has 4 heteroatoms. The highest BCUT2D eigenvalue weighted by Crippen LogP contribution is 2.00. The standard InChI is InChI=1S/C9H20N2O2/c1-9(2,3)11-8(12)6-5-7-13-10-4/h10H,5-7H2,1-4H3,(H,11,12). The van der Waals surface area contributed by atoms with Crippen molar-refractivity contribution >= 4 is 5.91 Å². The minimum Gasteiger partial charge on any atom is -0.352 e. The Hall–Kier alpha value is -0.610. The van der Waals surface area contributed by atoms with E-state index in [1.54, 1.807) is 7.05 Å². The quantitative estimate of drug-likeness (QED) is 0.496. The van der Waals surface area contributed by atoms with Gasteiger partial charge in [0.2, 0.25) is 5.91 Å². The molecule has 0 saturated carbocycles. The second kappa shape index (κ2) is 5.94. The van der Waals surface area contributed by atoms with Gasteiger partial charge in [0.25, 0.3) is 0 Å². The molecule has 0 aromatic carbocycles. The van der Waals surface area contributed by atoms with Crippen molar-refractivity contribution in [3.05, 3.63) is 0 Å². The van der Waals surface area contributed by atoms with Gasteiger partial charge in [0.05, 0.1) is 6.61 Å². The van der Waals surface area contributed by atoms with E-state index in [2.05, 4.69) is 10.8 Å². The highest BCUT2D eigenvalue weighted by molar-refractivity contribution is 5.76. The van der Waals surface area contributed by atoms with Crippen molar-refractivity contribution in [1.29, 1.82) is 0 Å². The molecule has 0 fully saturated rings. The fourth-order valence-corrected chi connectivity index (χ4v) is 0.888. The molecule has 1 amide bonds. The summed E-state index contributed by atoms with van der Waals surface area (Å²) in [5, 5.41) is 2.88. The van der Waals surface area contributed by atoms with Crippen LogP contribution in [0, 0.1) is 0 Å². The molecule has 0 spiro atoms. The summed E-state index contributed by atoms with van der Waals surface area (Å²) in [4.78, 5) is 16.1. The van der Waals surface area contributed by atoms with Crippen LogP contribution in [-0.2, 0) is 9.63 Å². The average Bonchev–Trinajstić information content (AvgIpc) is 1.94. The third-order valence-electron chi connectivity index (χ3n) is 1.31. The van der Waals surface area contributed by atoms with Crippen molar-refractivity contribution in [3.8, 4) is 0 Å². The van der Waals surface area contributed by atoms with Gasteiger partial charge < -0.3 is 10.2 Å². The van der Waals surface area contributed by atoms with E-state index in [0.29, 0.717) is 13.0 Å². The van der Waals surface area contributed by atoms with Crippen LogP contribution in [0.4, 0.5) is 0 Å². The van der Waals surface area contributed by atoms with Crippen LogP contribution in [0.2, 0.25) is 0 Å². The van der Waals surface area contributed by atoms with Gasteiger partial charge in [-0.15, -0.1) is 0 Å². The van der Waals surface area contributed by atoms with Gasteiger partial charge in [0, 0.05) is 19.0 Å². The zero-order chi connectivity index (χ0) is 10.3. The summed E-state index contributed by atoms with van der Waals surface area (Å²) in [7, 11) is 1.70. The van der Waals surface area contributed by atoms with Crippen molar-refractivity contribution in [1.82, 2.24) is 10.8 Å². The third kappa shape index (κ3) is 9.30. The van der Waals surface area contributed by atoms with E-state index in [9.17, 15) is 4.79 Å². The second-order valence-corrected chi connectivity index (χ2v) is 3.95. The number of hydroxylamine groups is 1. The fraction of sp³-hybridized carbons (Fsp3) is 0.889. The zero-order valence-corrected chi connectivity index (χ0v) is 8.94. The summed E-state index contributed by atoms with van der Waals surface area (Å²) in [5.41, 5.74) is 2.42. The highest BCUT2D eigenvalue weighted by Gasteiger charge is 2.12. The molecule has 2 N–H and O–H groups in total. The zero-order valence-electron chi connectivity index (χ0n) is 8.94. The van der Waals surface area contributed by atoms with Gasteiger partial charge in [-0.1, -0.05) is 0 Å². The van der Waals surface area contributed by atoms with Crippen molar-refractivity contribution in [2.24, 2.45) is 0 Å². The molecule has 0 unspecified atom stereocenters. The molecular formula is C9H20N2O2. The Morgan fingerprint density at radius 3 is 2.46 bits per heavy atom. The molecular weight excluding hydrogens is 168 g/mol. The Morgan fingerprint density at radius 2 is 2.00 bits per heavy atom. The lowest BCUT2D eigenvalue weighted by molar-refractivity contribution is -0.122. The maximum atomic E-state index is 11.2. The van der Waals surface area contributed by atoms with Gasteiger partial charge in [0.1, 0.15) is 0 Å². The van der Waals surface area contributed by atoms with Crippen LogP contribution in [0.15, 0.2) is 0 Å². The van der Waals surface area contributed by atoms with Crippen molar-refractivity contribution in [2.45, 2.75) is 39.2 Å². The normalized spacial score (nSPS) is 11.4. The maximum Gasteiger partial charge on any atom is 0.220 e. The van der Waals surface area contributed by atoms with Gasteiger partial charge in [-0.3, -0.25) is 4.79 Å². The summed E-state index contributed by atoms with van der Waals surface area (Å²) in [6, 6.07) is 0. The SMILES string of the molecule is CNOCCCC(=O)NC(C)(C)C. The van der Waals surface area contributed by atoms with E-state index >= 15 is 0 Å². The second-order valence-electron chi connectivity index (χ2n) is 3.95. The van der Waals surface area contributed by atoms with Gasteiger partial charge in [-0.2, -0.15) is 0 Å². The number of hydrogen-bond donors (Lipinski definition) is 2. The van der Waals surface area contributed by atoms with Crippen LogP contribution in [0.25, 0.3) is 0 Å². The Morgan fingerprint density at radius 1 is 1.38 bits per heavy atom. The van der Waals surface area contributed by atoms with Gasteiger partial charge >= 0.3 is 0 Å². The van der Waals surface area contributed by atoms with Crippen LogP contribution in [0.3, 0.4) is 0 Å². The number of carbonyl (C=O) groups excluding carboxylic acids is 1. The van der Waals surface area contributed by atoms with Crippen LogP contribution < -0.4 is 10.8 Å². The number of rotatable bonds is 5. The average molecular weight is 188 g/mol. The fourth-order valence-electron chi connectivity index (χ4n) is 0.888. The van der Waals surface area contributed by atoms with Crippen molar-refractivity contribution in [2.75, 3.05) is 13.7 Å². The lowest BCUT2D eigenvalue weighted by Gasteiger charge is -2.20. The molecule has 0 heterocycles. The summed E-state index contributed by atoms with van der Waals surface area (Å²) in [6.45, 7) is 6.47. The molecule has 0 rings (SSSR count). The van der Waals surface area contributed by atoms with Crippen LogP contribution >= 0.6 is 0 Å². The predicted molar refractivity (Wildman–Crippen MR) is 52.1 cm³/mol. The third-order valence-corrected chi connectivity index (χ3v) is 1.31. The minimum atomic E-state index is -0.138. The first-order valence-corrected chi connectivity index (χ1v) is 4.55. The minimum absolute atomic E-state index is 0.0761. The smallest absolute Gasteiger partial charge is 0.220 e. The molecule has 4 nitrogen and oxygen atoms in total. The lowest BCUT2D eigenvalue weighted by atomic mass is 10.1. The van der Waals surface area contributed by atoms with Crippen molar-refractivity contribution < 1.29 is 9.63 Å². The van der Waals surface area contributed by atoms with Gasteiger partial charge in [-0.05, 0) is 27.2 Å². The van der Waals surface area contributed by atoms with E-state index in [4.69, 9.17) is 4.84 Å². The van der Waals surface area contributed by atoms with Crippen LogP contribution in [-0.4, -0.2) is 25.1 Å². The molecule has 0 aliphatic carbocycles. The number of nitrogens with one attached hydrogen (secondary N) is 2. The van der Waals surface area contributed by atoms with Crippen molar-refractivity contribution in [3.63, 3.8) is 0 Å². The first-order chi connectivity index (χ1) is 5.95. The topological polar surface area (TPSA) is 50.4 Å². The summed E-state index contributed by atoms with van der Waals surface area (Å²) in [6.07, 6.45) is 1.25. The maximum absolute atomic E-state index is 11.2. The molecule has 0 atom stereocenters. The molecule has 0 aromatic rings. The number of carbonyl (C=O) groups is 1. The molecule has 0 aliphatic heterocycles. The van der Waals surface area contributed by atoms with E-state index in [1.165, 1.54) is 0 Å². The summed E-state index contributed by atoms with van der Waals surface area (Å²) >= 11 is 0. The Balaban J connectivity index is 3.41. The Labute approximate surface area is 80.0 Å². The molecule has 78 valence electrons. The van der Waals surface area contributed by atoms with Gasteiger partial charge in [-0.25, -0.2) is 5.48 Å². The highest BCUT2D eigenvalue weighted by atomic mass is 16.6. The van der Waals surface area contributed by atoms with Crippen LogP contribution in [0.1, 0.15) is 33.6 Å². The largest absolute Gasteiger partial charge is 0.352 e. The number of amides is 1. The first-order valence-electron chi connectivity index (χ1n) is 4.55. The van der Waals surface area contributed by atoms with Gasteiger partial charge in [0.15, 0.2) is 0 Å². The summed E-state index contributed by atoms with van der Waals surface area (Å²) in [5.74, 6) is 0.0761. The number of hydrogen-bond acceptors (Lipinski definition) is 3. The van der Waals surface area contributed by atoms with E-state index < -0.39 is 0 Å². The molecule has 0 aromatic heterocycles. The van der Waals surface area contributed by atoms with E-state index in [1.807, 2.05) is 20.8 Å².